The first kappa shape index (κ1) is 17.6. The minimum Gasteiger partial charge on any atom is -0.481 e. The molecule has 140 valence electrons. The van der Waals surface area contributed by atoms with E-state index in [4.69, 9.17) is 5.11 Å². The zero-order chi connectivity index (χ0) is 18.0. The second-order valence-corrected chi connectivity index (χ2v) is 8.03. The van der Waals surface area contributed by atoms with Gasteiger partial charge in [0.05, 0.1) is 6.42 Å². The number of likely N-dealkylation sites (tertiary alicyclic amines) is 1. The Morgan fingerprint density at radius 3 is 2.58 bits per heavy atom. The molecule has 2 aliphatic rings. The van der Waals surface area contributed by atoms with Gasteiger partial charge in [-0.2, -0.15) is 0 Å². The van der Waals surface area contributed by atoms with Crippen LogP contribution in [-0.2, 0) is 17.9 Å². The molecule has 0 bridgehead atoms. The molecule has 1 aromatic heterocycles. The van der Waals surface area contributed by atoms with Gasteiger partial charge in [-0.1, -0.05) is 18.2 Å². The first-order chi connectivity index (χ1) is 12.7. The smallest absolute Gasteiger partial charge is 0.305 e. The van der Waals surface area contributed by atoms with Crippen molar-refractivity contribution in [2.24, 2.45) is 5.41 Å². The van der Waals surface area contributed by atoms with Gasteiger partial charge < -0.3 is 15.0 Å². The van der Waals surface area contributed by atoms with Crippen LogP contribution >= 0.6 is 0 Å². The van der Waals surface area contributed by atoms with Crippen LogP contribution in [0.2, 0.25) is 0 Å². The molecule has 2 N–H and O–H groups in total. The van der Waals surface area contributed by atoms with E-state index in [0.29, 0.717) is 12.0 Å². The molecule has 26 heavy (non-hydrogen) atoms. The van der Waals surface area contributed by atoms with Gasteiger partial charge in [0, 0.05) is 30.2 Å². The molecule has 2 saturated heterocycles. The van der Waals surface area contributed by atoms with Crippen molar-refractivity contribution in [3.05, 3.63) is 36.0 Å². The molecule has 3 heterocycles. The average molecular weight is 355 g/mol. The number of hydrogen-bond donors (Lipinski definition) is 2. The molecule has 0 unspecified atom stereocenters. The summed E-state index contributed by atoms with van der Waals surface area (Å²) in [5, 5.41) is 13.8. The van der Waals surface area contributed by atoms with Crippen LogP contribution in [-0.4, -0.2) is 46.7 Å². The number of benzene rings is 1. The Labute approximate surface area is 155 Å². The normalized spacial score (nSPS) is 20.6. The van der Waals surface area contributed by atoms with E-state index in [1.807, 2.05) is 6.07 Å². The first-order valence-electron chi connectivity index (χ1n) is 9.87. The fraction of sp³-hybridized carbons (Fsp3) is 0.571. The number of rotatable bonds is 5. The summed E-state index contributed by atoms with van der Waals surface area (Å²) in [4.78, 5) is 13.5. The molecule has 5 nitrogen and oxygen atoms in total. The number of carbonyl (C=O) groups is 1. The van der Waals surface area contributed by atoms with Gasteiger partial charge in [0.25, 0.3) is 0 Å². The number of carboxylic acid groups (broad SMARTS) is 1. The number of aromatic nitrogens is 1. The Morgan fingerprint density at radius 1 is 1.12 bits per heavy atom. The molecule has 1 spiro atoms. The number of hydrogen-bond acceptors (Lipinski definition) is 3. The second kappa shape index (κ2) is 7.41. The Balaban J connectivity index is 1.46. The highest BCUT2D eigenvalue weighted by Crippen LogP contribution is 2.40. The van der Waals surface area contributed by atoms with Crippen molar-refractivity contribution in [2.75, 3.05) is 26.2 Å². The van der Waals surface area contributed by atoms with Gasteiger partial charge in [0.2, 0.25) is 0 Å². The molecule has 0 radical (unpaired) electrons. The van der Waals surface area contributed by atoms with E-state index >= 15 is 0 Å². The molecule has 0 amide bonds. The number of piperidine rings is 2. The van der Waals surface area contributed by atoms with Gasteiger partial charge in [-0.05, 0) is 68.9 Å². The zero-order valence-corrected chi connectivity index (χ0v) is 15.4. The van der Waals surface area contributed by atoms with E-state index in [0.717, 1.165) is 12.1 Å². The summed E-state index contributed by atoms with van der Waals surface area (Å²) >= 11 is 0. The first-order valence-corrected chi connectivity index (χ1v) is 9.87. The summed E-state index contributed by atoms with van der Waals surface area (Å²) in [7, 11) is 0. The summed E-state index contributed by atoms with van der Waals surface area (Å²) in [5.41, 5.74) is 3.06. The van der Waals surface area contributed by atoms with Crippen molar-refractivity contribution in [1.29, 1.82) is 0 Å². The summed E-state index contributed by atoms with van der Waals surface area (Å²) in [6.45, 7) is 6.21. The number of aryl methyl sites for hydroxylation is 1. The number of para-hydroxylation sites is 1. The Morgan fingerprint density at radius 2 is 1.85 bits per heavy atom. The van der Waals surface area contributed by atoms with Crippen LogP contribution in [0.25, 0.3) is 10.9 Å². The van der Waals surface area contributed by atoms with Gasteiger partial charge in [0.1, 0.15) is 0 Å². The highest BCUT2D eigenvalue weighted by Gasteiger charge is 2.35. The lowest BCUT2D eigenvalue weighted by Gasteiger charge is -2.44. The minimum atomic E-state index is -0.743. The lowest BCUT2D eigenvalue weighted by atomic mass is 9.71. The van der Waals surface area contributed by atoms with Crippen LogP contribution in [0.5, 0.6) is 0 Å². The van der Waals surface area contributed by atoms with E-state index in [1.165, 1.54) is 62.8 Å². The maximum atomic E-state index is 11.0. The summed E-state index contributed by atoms with van der Waals surface area (Å²) in [5.74, 6) is -0.743. The van der Waals surface area contributed by atoms with Crippen molar-refractivity contribution in [1.82, 2.24) is 14.8 Å². The number of nitrogens with one attached hydrogen (secondary N) is 1. The summed E-state index contributed by atoms with van der Waals surface area (Å²) < 4.78 is 2.11. The van der Waals surface area contributed by atoms with E-state index in [2.05, 4.69) is 39.2 Å². The van der Waals surface area contributed by atoms with Crippen LogP contribution < -0.4 is 5.32 Å². The molecule has 0 aliphatic carbocycles. The van der Waals surface area contributed by atoms with Crippen molar-refractivity contribution in [3.63, 3.8) is 0 Å². The number of nitrogens with zero attached hydrogens (tertiary/aromatic N) is 2. The molecular weight excluding hydrogens is 326 g/mol. The average Bonchev–Trinajstić information content (AvgIpc) is 3.01. The van der Waals surface area contributed by atoms with Crippen molar-refractivity contribution in [3.8, 4) is 0 Å². The van der Waals surface area contributed by atoms with Gasteiger partial charge in [-0.15, -0.1) is 0 Å². The fourth-order valence-electron chi connectivity index (χ4n) is 4.73. The molecule has 2 fully saturated rings. The molecule has 5 heteroatoms. The Kier molecular flexibility index (Phi) is 5.00. The van der Waals surface area contributed by atoms with Gasteiger partial charge in [-0.25, -0.2) is 0 Å². The van der Waals surface area contributed by atoms with Crippen molar-refractivity contribution in [2.45, 2.75) is 45.2 Å². The van der Waals surface area contributed by atoms with E-state index in [1.54, 1.807) is 0 Å². The van der Waals surface area contributed by atoms with Crippen LogP contribution in [0.4, 0.5) is 0 Å². The number of fused-ring (bicyclic) bond motifs is 1. The third-order valence-corrected chi connectivity index (χ3v) is 6.41. The molecule has 1 aromatic carbocycles. The highest BCUT2D eigenvalue weighted by atomic mass is 16.4. The molecule has 0 saturated carbocycles. The van der Waals surface area contributed by atoms with Gasteiger partial charge in [-0.3, -0.25) is 9.69 Å². The van der Waals surface area contributed by atoms with Crippen molar-refractivity contribution < 1.29 is 9.90 Å². The topological polar surface area (TPSA) is 57.5 Å². The number of aliphatic carboxylic acids is 1. The monoisotopic (exact) mass is 355 g/mol. The Hall–Kier alpha value is -1.85. The lowest BCUT2D eigenvalue weighted by molar-refractivity contribution is -0.137. The standard InChI is InChI=1S/C21H29N3O2/c25-20(26)5-12-24-16-17(18-3-1-2-4-19(18)24)15-23-13-8-21(9-14-23)6-10-22-11-7-21/h1-4,16,22H,5-15H2,(H,25,26). The van der Waals surface area contributed by atoms with Crippen molar-refractivity contribution >= 4 is 16.9 Å². The van der Waals surface area contributed by atoms with Crippen LogP contribution in [0.1, 0.15) is 37.7 Å². The maximum absolute atomic E-state index is 11.0. The number of carboxylic acids is 1. The largest absolute Gasteiger partial charge is 0.481 e. The third kappa shape index (κ3) is 3.64. The summed E-state index contributed by atoms with van der Waals surface area (Å²) in [6, 6.07) is 8.37. The van der Waals surface area contributed by atoms with E-state index in [9.17, 15) is 4.79 Å². The van der Waals surface area contributed by atoms with Gasteiger partial charge >= 0.3 is 5.97 Å². The predicted molar refractivity (Wildman–Crippen MR) is 103 cm³/mol. The minimum absolute atomic E-state index is 0.165. The van der Waals surface area contributed by atoms with E-state index < -0.39 is 5.97 Å². The SMILES string of the molecule is O=C(O)CCn1cc(CN2CCC3(CCNCC3)CC2)c2ccccc21. The fourth-order valence-corrected chi connectivity index (χ4v) is 4.73. The molecule has 2 aliphatic heterocycles. The van der Waals surface area contributed by atoms with E-state index in [-0.39, 0.29) is 6.42 Å². The quantitative estimate of drug-likeness (QED) is 0.865. The summed E-state index contributed by atoms with van der Waals surface area (Å²) in [6.07, 6.45) is 7.62. The van der Waals surface area contributed by atoms with Crippen LogP contribution in [0, 0.1) is 5.41 Å². The second-order valence-electron chi connectivity index (χ2n) is 8.03. The molecule has 2 aromatic rings. The lowest BCUT2D eigenvalue weighted by Crippen LogP contribution is -2.45. The van der Waals surface area contributed by atoms with Gasteiger partial charge in [0.15, 0.2) is 0 Å². The predicted octanol–water partition coefficient (Wildman–Crippen LogP) is 3.08. The molecule has 0 atom stereocenters. The maximum Gasteiger partial charge on any atom is 0.305 e. The Bertz CT molecular complexity index is 767. The third-order valence-electron chi connectivity index (χ3n) is 6.41. The molecular formula is C21H29N3O2. The highest BCUT2D eigenvalue weighted by molar-refractivity contribution is 5.84. The molecule has 4 rings (SSSR count). The zero-order valence-electron chi connectivity index (χ0n) is 15.4. The van der Waals surface area contributed by atoms with Crippen LogP contribution in [0.15, 0.2) is 30.5 Å². The van der Waals surface area contributed by atoms with Crippen LogP contribution in [0.3, 0.4) is 0 Å².